The Balaban J connectivity index is 2.11. The molecule has 2 N–H and O–H groups in total. The fourth-order valence-electron chi connectivity index (χ4n) is 2.21. The van der Waals surface area contributed by atoms with E-state index in [-0.39, 0.29) is 17.9 Å². The van der Waals surface area contributed by atoms with Crippen LogP contribution in [0.3, 0.4) is 0 Å². The van der Waals surface area contributed by atoms with Crippen molar-refractivity contribution in [2.24, 2.45) is 11.7 Å². The minimum atomic E-state index is -0.514. The summed E-state index contributed by atoms with van der Waals surface area (Å²) in [5.74, 6) is -1.04. The lowest BCUT2D eigenvalue weighted by molar-refractivity contribution is 0.485. The maximum absolute atomic E-state index is 13.6. The SMILES string of the molecule is NCC(Cc1ccc(Cl)cc1)Cc1c(F)cccc1F. The molecule has 106 valence electrons. The molecule has 0 aliphatic rings. The van der Waals surface area contributed by atoms with E-state index in [0.29, 0.717) is 18.0 Å². The van der Waals surface area contributed by atoms with Gasteiger partial charge in [-0.3, -0.25) is 0 Å². The van der Waals surface area contributed by atoms with E-state index < -0.39 is 11.6 Å². The molecule has 0 aliphatic carbocycles. The van der Waals surface area contributed by atoms with Crippen LogP contribution >= 0.6 is 11.6 Å². The summed E-state index contributed by atoms with van der Waals surface area (Å²) in [7, 11) is 0. The highest BCUT2D eigenvalue weighted by atomic mass is 35.5. The predicted molar refractivity (Wildman–Crippen MR) is 77.8 cm³/mol. The van der Waals surface area contributed by atoms with Gasteiger partial charge >= 0.3 is 0 Å². The van der Waals surface area contributed by atoms with Gasteiger partial charge in [-0.05, 0) is 55.1 Å². The molecule has 20 heavy (non-hydrogen) atoms. The molecule has 0 amide bonds. The molecule has 0 heterocycles. The molecule has 0 aliphatic heterocycles. The van der Waals surface area contributed by atoms with Crippen molar-refractivity contribution in [1.29, 1.82) is 0 Å². The average molecular weight is 296 g/mol. The Labute approximate surface area is 122 Å². The van der Waals surface area contributed by atoms with Crippen LogP contribution in [0.2, 0.25) is 5.02 Å². The quantitative estimate of drug-likeness (QED) is 0.887. The van der Waals surface area contributed by atoms with Gasteiger partial charge in [0, 0.05) is 10.6 Å². The van der Waals surface area contributed by atoms with Crippen LogP contribution in [0.15, 0.2) is 42.5 Å². The van der Waals surface area contributed by atoms with Gasteiger partial charge in [0.05, 0.1) is 0 Å². The number of benzene rings is 2. The van der Waals surface area contributed by atoms with Crippen LogP contribution in [0, 0.1) is 17.6 Å². The van der Waals surface area contributed by atoms with Crippen LogP contribution in [-0.2, 0) is 12.8 Å². The van der Waals surface area contributed by atoms with E-state index in [1.54, 1.807) is 12.1 Å². The lowest BCUT2D eigenvalue weighted by Gasteiger charge is -2.16. The molecule has 4 heteroatoms. The van der Waals surface area contributed by atoms with Crippen molar-refractivity contribution in [2.75, 3.05) is 6.54 Å². The average Bonchev–Trinajstić information content (AvgIpc) is 2.44. The fourth-order valence-corrected chi connectivity index (χ4v) is 2.33. The molecule has 2 aromatic carbocycles. The lowest BCUT2D eigenvalue weighted by atomic mass is 9.92. The van der Waals surface area contributed by atoms with Gasteiger partial charge in [-0.2, -0.15) is 0 Å². The van der Waals surface area contributed by atoms with Gasteiger partial charge in [0.15, 0.2) is 0 Å². The Hall–Kier alpha value is -1.45. The molecular formula is C16H16ClF2N. The number of nitrogens with two attached hydrogens (primary N) is 1. The minimum Gasteiger partial charge on any atom is -0.330 e. The van der Waals surface area contributed by atoms with E-state index in [4.69, 9.17) is 17.3 Å². The highest BCUT2D eigenvalue weighted by Gasteiger charge is 2.15. The van der Waals surface area contributed by atoms with Gasteiger partial charge in [-0.1, -0.05) is 29.8 Å². The lowest BCUT2D eigenvalue weighted by Crippen LogP contribution is -2.20. The first-order chi connectivity index (χ1) is 9.60. The van der Waals surface area contributed by atoms with Gasteiger partial charge < -0.3 is 5.73 Å². The normalized spacial score (nSPS) is 12.4. The molecule has 0 spiro atoms. The maximum Gasteiger partial charge on any atom is 0.129 e. The van der Waals surface area contributed by atoms with Crippen molar-refractivity contribution >= 4 is 11.6 Å². The molecule has 0 saturated carbocycles. The molecule has 0 saturated heterocycles. The van der Waals surface area contributed by atoms with Gasteiger partial charge in [-0.15, -0.1) is 0 Å². The largest absolute Gasteiger partial charge is 0.330 e. The van der Waals surface area contributed by atoms with Crippen molar-refractivity contribution in [1.82, 2.24) is 0 Å². The Bertz CT molecular complexity index is 549. The highest BCUT2D eigenvalue weighted by Crippen LogP contribution is 2.20. The van der Waals surface area contributed by atoms with Crippen molar-refractivity contribution in [3.63, 3.8) is 0 Å². The second kappa shape index (κ2) is 6.82. The molecule has 0 fully saturated rings. The van der Waals surface area contributed by atoms with Crippen LogP contribution in [0.25, 0.3) is 0 Å². The fraction of sp³-hybridized carbons (Fsp3) is 0.250. The van der Waals surface area contributed by atoms with Crippen molar-refractivity contribution in [3.8, 4) is 0 Å². The van der Waals surface area contributed by atoms with Crippen LogP contribution in [0.1, 0.15) is 11.1 Å². The Morgan fingerprint density at radius 2 is 1.55 bits per heavy atom. The summed E-state index contributed by atoms with van der Waals surface area (Å²) < 4.78 is 27.3. The third-order valence-corrected chi connectivity index (χ3v) is 3.58. The van der Waals surface area contributed by atoms with Gasteiger partial charge in [0.2, 0.25) is 0 Å². The van der Waals surface area contributed by atoms with E-state index >= 15 is 0 Å². The summed E-state index contributed by atoms with van der Waals surface area (Å²) in [5, 5.41) is 0.665. The predicted octanol–water partition coefficient (Wildman–Crippen LogP) is 3.98. The Morgan fingerprint density at radius 3 is 2.10 bits per heavy atom. The first-order valence-electron chi connectivity index (χ1n) is 6.47. The molecule has 1 unspecified atom stereocenters. The zero-order chi connectivity index (χ0) is 14.5. The third kappa shape index (κ3) is 3.78. The zero-order valence-corrected chi connectivity index (χ0v) is 11.7. The molecule has 0 aromatic heterocycles. The first-order valence-corrected chi connectivity index (χ1v) is 6.85. The maximum atomic E-state index is 13.6. The summed E-state index contributed by atoms with van der Waals surface area (Å²) in [6, 6.07) is 11.3. The van der Waals surface area contributed by atoms with Crippen LogP contribution in [0.5, 0.6) is 0 Å². The van der Waals surface area contributed by atoms with Crippen LogP contribution in [-0.4, -0.2) is 6.54 Å². The zero-order valence-electron chi connectivity index (χ0n) is 11.0. The van der Waals surface area contributed by atoms with Crippen molar-refractivity contribution in [2.45, 2.75) is 12.8 Å². The number of halogens is 3. The van der Waals surface area contributed by atoms with Gasteiger partial charge in [-0.25, -0.2) is 8.78 Å². The van der Waals surface area contributed by atoms with Crippen LogP contribution in [0.4, 0.5) is 8.78 Å². The summed E-state index contributed by atoms with van der Waals surface area (Å²) in [5.41, 5.74) is 6.89. The van der Waals surface area contributed by atoms with E-state index in [1.807, 2.05) is 12.1 Å². The standard InChI is InChI=1S/C16H16ClF2N/c17-13-6-4-11(5-7-13)8-12(10-20)9-14-15(18)2-1-3-16(14)19/h1-7,12H,8-10,20H2. The minimum absolute atomic E-state index is 0.0115. The van der Waals surface area contributed by atoms with E-state index in [1.165, 1.54) is 18.2 Å². The molecule has 1 atom stereocenters. The number of hydrogen-bond donors (Lipinski definition) is 1. The molecule has 0 bridgehead atoms. The van der Waals surface area contributed by atoms with Gasteiger partial charge in [0.25, 0.3) is 0 Å². The smallest absolute Gasteiger partial charge is 0.129 e. The second-order valence-electron chi connectivity index (χ2n) is 4.84. The summed E-state index contributed by atoms with van der Waals surface area (Å²) in [6.45, 7) is 0.371. The van der Waals surface area contributed by atoms with E-state index in [2.05, 4.69) is 0 Å². The summed E-state index contributed by atoms with van der Waals surface area (Å²) in [6.07, 6.45) is 0.957. The molecule has 2 rings (SSSR count). The Kier molecular flexibility index (Phi) is 5.10. The molecular weight excluding hydrogens is 280 g/mol. The first kappa shape index (κ1) is 14.9. The number of rotatable bonds is 5. The van der Waals surface area contributed by atoms with Crippen molar-refractivity contribution < 1.29 is 8.78 Å². The third-order valence-electron chi connectivity index (χ3n) is 3.33. The summed E-state index contributed by atoms with van der Waals surface area (Å²) in [4.78, 5) is 0. The van der Waals surface area contributed by atoms with Crippen molar-refractivity contribution in [3.05, 3.63) is 70.2 Å². The number of hydrogen-bond acceptors (Lipinski definition) is 1. The topological polar surface area (TPSA) is 26.0 Å². The Morgan fingerprint density at radius 1 is 0.950 bits per heavy atom. The summed E-state index contributed by atoms with van der Waals surface area (Å²) >= 11 is 5.83. The van der Waals surface area contributed by atoms with Gasteiger partial charge in [0.1, 0.15) is 11.6 Å². The monoisotopic (exact) mass is 295 g/mol. The highest BCUT2D eigenvalue weighted by molar-refractivity contribution is 6.30. The molecule has 0 radical (unpaired) electrons. The van der Waals surface area contributed by atoms with Crippen LogP contribution < -0.4 is 5.73 Å². The van der Waals surface area contributed by atoms with E-state index in [0.717, 1.165) is 5.56 Å². The second-order valence-corrected chi connectivity index (χ2v) is 5.27. The van der Waals surface area contributed by atoms with E-state index in [9.17, 15) is 8.78 Å². The molecule has 1 nitrogen and oxygen atoms in total. The molecule has 2 aromatic rings.